The van der Waals surface area contributed by atoms with Crippen LogP contribution < -0.4 is 15.2 Å². The van der Waals surface area contributed by atoms with Crippen LogP contribution >= 0.6 is 0 Å². The molecule has 0 saturated carbocycles. The zero-order chi connectivity index (χ0) is 15.4. The number of nitrogens with two attached hydrogens (primary N) is 1. The normalized spacial score (nSPS) is 18.4. The van der Waals surface area contributed by atoms with Crippen LogP contribution in [0.15, 0.2) is 48.5 Å². The fourth-order valence-electron chi connectivity index (χ4n) is 2.80. The molecule has 1 fully saturated rings. The second kappa shape index (κ2) is 6.81. The monoisotopic (exact) mass is 298 g/mol. The number of rotatable bonds is 5. The molecule has 3 rings (SSSR count). The van der Waals surface area contributed by atoms with Crippen LogP contribution in [0.4, 0.5) is 0 Å². The predicted octanol–water partition coefficient (Wildman–Crippen LogP) is 3.02. The molecule has 1 aliphatic rings. The van der Waals surface area contributed by atoms with Crippen LogP contribution in [0.3, 0.4) is 0 Å². The van der Waals surface area contributed by atoms with Gasteiger partial charge >= 0.3 is 0 Å². The van der Waals surface area contributed by atoms with Gasteiger partial charge in [-0.25, -0.2) is 0 Å². The topological polar surface area (TPSA) is 47.7 Å². The van der Waals surface area contributed by atoms with E-state index in [0.29, 0.717) is 6.04 Å². The summed E-state index contributed by atoms with van der Waals surface area (Å²) in [5.74, 6) is 2.29. The van der Waals surface area contributed by atoms with Gasteiger partial charge in [0, 0.05) is 25.7 Å². The first-order chi connectivity index (χ1) is 10.7. The van der Waals surface area contributed by atoms with Gasteiger partial charge in [-0.05, 0) is 36.2 Å². The molecule has 4 nitrogen and oxygen atoms in total. The van der Waals surface area contributed by atoms with E-state index in [-0.39, 0.29) is 0 Å². The first-order valence-corrected chi connectivity index (χ1v) is 7.62. The predicted molar refractivity (Wildman–Crippen MR) is 87.4 cm³/mol. The van der Waals surface area contributed by atoms with Crippen LogP contribution in [0.2, 0.25) is 0 Å². The van der Waals surface area contributed by atoms with Gasteiger partial charge in [-0.2, -0.15) is 0 Å². The van der Waals surface area contributed by atoms with E-state index in [4.69, 9.17) is 15.2 Å². The van der Waals surface area contributed by atoms with Crippen molar-refractivity contribution in [1.82, 2.24) is 4.90 Å². The molecule has 0 aromatic heterocycles. The van der Waals surface area contributed by atoms with Crippen molar-refractivity contribution in [3.05, 3.63) is 54.1 Å². The molecule has 2 N–H and O–H groups in total. The van der Waals surface area contributed by atoms with Crippen molar-refractivity contribution in [1.29, 1.82) is 0 Å². The largest absolute Gasteiger partial charge is 0.493 e. The number of para-hydroxylation sites is 2. The molecule has 116 valence electrons. The van der Waals surface area contributed by atoms with E-state index < -0.39 is 0 Å². The van der Waals surface area contributed by atoms with Crippen LogP contribution in [-0.2, 0) is 6.54 Å². The third-order valence-electron chi connectivity index (χ3n) is 3.91. The lowest BCUT2D eigenvalue weighted by Gasteiger charge is -2.16. The van der Waals surface area contributed by atoms with Crippen molar-refractivity contribution in [2.75, 3.05) is 20.2 Å². The maximum absolute atomic E-state index is 5.96. The average molecular weight is 298 g/mol. The molecule has 0 amide bonds. The highest BCUT2D eigenvalue weighted by molar-refractivity contribution is 5.43. The zero-order valence-electron chi connectivity index (χ0n) is 12.9. The summed E-state index contributed by atoms with van der Waals surface area (Å²) in [6.07, 6.45) is 1.08. The molecule has 2 aromatic rings. The number of likely N-dealkylation sites (tertiary alicyclic amines) is 1. The van der Waals surface area contributed by atoms with Crippen LogP contribution in [-0.4, -0.2) is 31.1 Å². The second-order valence-electron chi connectivity index (χ2n) is 5.68. The second-order valence-corrected chi connectivity index (χ2v) is 5.68. The lowest BCUT2D eigenvalue weighted by molar-refractivity contribution is 0.326. The molecular weight excluding hydrogens is 276 g/mol. The van der Waals surface area contributed by atoms with Crippen LogP contribution in [0, 0.1) is 0 Å². The Morgan fingerprint density at radius 3 is 2.68 bits per heavy atom. The van der Waals surface area contributed by atoms with Crippen molar-refractivity contribution in [2.24, 2.45) is 5.73 Å². The third-order valence-corrected chi connectivity index (χ3v) is 3.91. The third kappa shape index (κ3) is 3.59. The molecule has 1 atom stereocenters. The van der Waals surface area contributed by atoms with E-state index in [1.165, 1.54) is 5.56 Å². The summed E-state index contributed by atoms with van der Waals surface area (Å²) in [4.78, 5) is 2.38. The minimum absolute atomic E-state index is 0.313. The molecule has 4 heteroatoms. The van der Waals surface area contributed by atoms with Gasteiger partial charge < -0.3 is 15.2 Å². The number of ether oxygens (including phenoxy) is 2. The van der Waals surface area contributed by atoms with Crippen molar-refractivity contribution >= 4 is 0 Å². The highest BCUT2D eigenvalue weighted by Crippen LogP contribution is 2.31. The first-order valence-electron chi connectivity index (χ1n) is 7.62. The fraction of sp³-hybridized carbons (Fsp3) is 0.333. The number of hydrogen-bond acceptors (Lipinski definition) is 4. The van der Waals surface area contributed by atoms with Gasteiger partial charge in [0.25, 0.3) is 0 Å². The summed E-state index contributed by atoms with van der Waals surface area (Å²) in [6.45, 7) is 2.95. The summed E-state index contributed by atoms with van der Waals surface area (Å²) in [7, 11) is 1.65. The molecule has 1 aliphatic heterocycles. The van der Waals surface area contributed by atoms with Crippen LogP contribution in [0.1, 0.15) is 12.0 Å². The van der Waals surface area contributed by atoms with Crippen molar-refractivity contribution < 1.29 is 9.47 Å². The number of benzene rings is 2. The van der Waals surface area contributed by atoms with E-state index >= 15 is 0 Å². The molecule has 0 bridgehead atoms. The molecule has 22 heavy (non-hydrogen) atoms. The lowest BCUT2D eigenvalue weighted by atomic mass is 10.2. The van der Waals surface area contributed by atoms with Gasteiger partial charge in [-0.15, -0.1) is 0 Å². The van der Waals surface area contributed by atoms with E-state index in [1.54, 1.807) is 7.11 Å². The zero-order valence-corrected chi connectivity index (χ0v) is 12.9. The molecule has 0 radical (unpaired) electrons. The smallest absolute Gasteiger partial charge is 0.169 e. The molecular formula is C18H22N2O2. The minimum Gasteiger partial charge on any atom is -0.493 e. The summed E-state index contributed by atoms with van der Waals surface area (Å²) >= 11 is 0. The molecule has 0 aliphatic carbocycles. The van der Waals surface area contributed by atoms with Gasteiger partial charge in [-0.3, -0.25) is 4.90 Å². The SMILES string of the molecule is COc1ccccc1Oc1cccc(CN2CC[C@@H](N)C2)c1. The quantitative estimate of drug-likeness (QED) is 0.922. The van der Waals surface area contributed by atoms with E-state index in [2.05, 4.69) is 17.0 Å². The fourth-order valence-corrected chi connectivity index (χ4v) is 2.80. The minimum atomic E-state index is 0.313. The Hall–Kier alpha value is -2.04. The highest BCUT2D eigenvalue weighted by atomic mass is 16.5. The average Bonchev–Trinajstić information content (AvgIpc) is 2.93. The van der Waals surface area contributed by atoms with Crippen molar-refractivity contribution in [3.8, 4) is 17.2 Å². The van der Waals surface area contributed by atoms with Crippen LogP contribution in [0.5, 0.6) is 17.2 Å². The standard InChI is InChI=1S/C18H22N2O2/c1-21-17-7-2-3-8-18(17)22-16-6-4-5-14(11-16)12-20-10-9-15(19)13-20/h2-8,11,15H,9-10,12-13,19H2,1H3/t15-/m1/s1. The van der Waals surface area contributed by atoms with Gasteiger partial charge in [0.15, 0.2) is 11.5 Å². The van der Waals surface area contributed by atoms with E-state index in [9.17, 15) is 0 Å². The Morgan fingerprint density at radius 2 is 1.95 bits per heavy atom. The highest BCUT2D eigenvalue weighted by Gasteiger charge is 2.18. The molecule has 2 aromatic carbocycles. The van der Waals surface area contributed by atoms with Gasteiger partial charge in [0.05, 0.1) is 7.11 Å². The van der Waals surface area contributed by atoms with Gasteiger partial charge in [0.2, 0.25) is 0 Å². The Balaban J connectivity index is 1.71. The van der Waals surface area contributed by atoms with Crippen molar-refractivity contribution in [2.45, 2.75) is 19.0 Å². The Kier molecular flexibility index (Phi) is 4.61. The Bertz CT molecular complexity index is 630. The van der Waals surface area contributed by atoms with Crippen molar-refractivity contribution in [3.63, 3.8) is 0 Å². The number of hydrogen-bond donors (Lipinski definition) is 1. The van der Waals surface area contributed by atoms with E-state index in [0.717, 1.165) is 43.3 Å². The maximum Gasteiger partial charge on any atom is 0.169 e. The molecule has 0 spiro atoms. The first kappa shape index (κ1) is 14.9. The number of methoxy groups -OCH3 is 1. The Labute approximate surface area is 131 Å². The summed E-state index contributed by atoms with van der Waals surface area (Å²) in [5.41, 5.74) is 7.20. The molecule has 0 unspecified atom stereocenters. The summed E-state index contributed by atoms with van der Waals surface area (Å²) in [6, 6.07) is 16.2. The number of nitrogens with zero attached hydrogens (tertiary/aromatic N) is 1. The Morgan fingerprint density at radius 1 is 1.14 bits per heavy atom. The van der Waals surface area contributed by atoms with E-state index in [1.807, 2.05) is 36.4 Å². The van der Waals surface area contributed by atoms with Crippen LogP contribution in [0.25, 0.3) is 0 Å². The maximum atomic E-state index is 5.96. The van der Waals surface area contributed by atoms with Gasteiger partial charge in [0.1, 0.15) is 5.75 Å². The van der Waals surface area contributed by atoms with Gasteiger partial charge in [-0.1, -0.05) is 24.3 Å². The summed E-state index contributed by atoms with van der Waals surface area (Å²) < 4.78 is 11.3. The molecule has 1 heterocycles. The molecule has 1 saturated heterocycles. The lowest BCUT2D eigenvalue weighted by Crippen LogP contribution is -2.26. The summed E-state index contributed by atoms with van der Waals surface area (Å²) in [5, 5.41) is 0.